The van der Waals surface area contributed by atoms with E-state index in [0.29, 0.717) is 30.6 Å². The number of carbonyl (C=O) groups is 1. The molecule has 0 aliphatic carbocycles. The van der Waals surface area contributed by atoms with Crippen LogP contribution in [0.1, 0.15) is 31.6 Å². The fourth-order valence-electron chi connectivity index (χ4n) is 2.52. The summed E-state index contributed by atoms with van der Waals surface area (Å²) >= 11 is 1.58. The Hall–Kier alpha value is -1.73. The Morgan fingerprint density at radius 3 is 3.27 bits per heavy atom. The standard InChI is InChI=1S/C15H20N4O2S/c20-13(17-10-11-4-2-8-16-11)6-1-7-14-18-15(19-21-14)12-5-3-9-22-12/h3,5,9,11,16H,1-2,4,6-8,10H2,(H,17,20). The quantitative estimate of drug-likeness (QED) is 0.815. The SMILES string of the molecule is O=C(CCCc1nc(-c2cccs2)no1)NCC1CCCN1. The van der Waals surface area contributed by atoms with Gasteiger partial charge in [0, 0.05) is 25.4 Å². The van der Waals surface area contributed by atoms with Gasteiger partial charge in [0.15, 0.2) is 0 Å². The van der Waals surface area contributed by atoms with Gasteiger partial charge in [0.2, 0.25) is 17.6 Å². The van der Waals surface area contributed by atoms with E-state index in [2.05, 4.69) is 20.8 Å². The van der Waals surface area contributed by atoms with Crippen molar-refractivity contribution < 1.29 is 9.32 Å². The highest BCUT2D eigenvalue weighted by Crippen LogP contribution is 2.21. The Balaban J connectivity index is 1.36. The molecule has 2 aromatic heterocycles. The summed E-state index contributed by atoms with van der Waals surface area (Å²) in [6.07, 6.45) is 4.19. The third-order valence-electron chi connectivity index (χ3n) is 3.71. The van der Waals surface area contributed by atoms with Gasteiger partial charge >= 0.3 is 0 Å². The molecule has 22 heavy (non-hydrogen) atoms. The minimum Gasteiger partial charge on any atom is -0.355 e. The normalized spacial score (nSPS) is 17.7. The first-order valence-corrected chi connectivity index (χ1v) is 8.56. The van der Waals surface area contributed by atoms with E-state index in [1.54, 1.807) is 11.3 Å². The molecule has 1 atom stereocenters. The van der Waals surface area contributed by atoms with Gasteiger partial charge in [-0.2, -0.15) is 4.98 Å². The van der Waals surface area contributed by atoms with E-state index in [0.717, 1.165) is 30.8 Å². The molecule has 2 aromatic rings. The second-order valence-electron chi connectivity index (χ2n) is 5.44. The number of rotatable bonds is 7. The summed E-state index contributed by atoms with van der Waals surface area (Å²) in [6.45, 7) is 1.78. The van der Waals surface area contributed by atoms with Gasteiger partial charge in [-0.05, 0) is 37.3 Å². The second-order valence-corrected chi connectivity index (χ2v) is 6.39. The number of aromatic nitrogens is 2. The Kier molecular flexibility index (Phi) is 5.18. The highest BCUT2D eigenvalue weighted by atomic mass is 32.1. The molecule has 1 fully saturated rings. The lowest BCUT2D eigenvalue weighted by Crippen LogP contribution is -2.37. The van der Waals surface area contributed by atoms with Crippen molar-refractivity contribution >= 4 is 17.2 Å². The van der Waals surface area contributed by atoms with Crippen LogP contribution in [0.2, 0.25) is 0 Å². The van der Waals surface area contributed by atoms with Crippen LogP contribution in [0.25, 0.3) is 10.7 Å². The Morgan fingerprint density at radius 2 is 2.50 bits per heavy atom. The van der Waals surface area contributed by atoms with E-state index in [1.165, 1.54) is 6.42 Å². The molecule has 1 amide bonds. The van der Waals surface area contributed by atoms with Crippen LogP contribution in [0.4, 0.5) is 0 Å². The predicted octanol–water partition coefficient (Wildman–Crippen LogP) is 1.99. The predicted molar refractivity (Wildman–Crippen MR) is 84.6 cm³/mol. The van der Waals surface area contributed by atoms with Crippen molar-refractivity contribution in [2.75, 3.05) is 13.1 Å². The van der Waals surface area contributed by atoms with Crippen molar-refractivity contribution in [3.05, 3.63) is 23.4 Å². The second kappa shape index (κ2) is 7.51. The zero-order valence-corrected chi connectivity index (χ0v) is 13.2. The van der Waals surface area contributed by atoms with Crippen LogP contribution >= 0.6 is 11.3 Å². The topological polar surface area (TPSA) is 80.0 Å². The number of amides is 1. The zero-order valence-electron chi connectivity index (χ0n) is 12.4. The first-order valence-electron chi connectivity index (χ1n) is 7.68. The first kappa shape index (κ1) is 15.2. The fourth-order valence-corrected chi connectivity index (χ4v) is 3.17. The molecule has 1 aliphatic heterocycles. The minimum atomic E-state index is 0.0895. The molecule has 118 valence electrons. The highest BCUT2D eigenvalue weighted by Gasteiger charge is 2.15. The molecule has 0 saturated carbocycles. The third kappa shape index (κ3) is 4.14. The van der Waals surface area contributed by atoms with Crippen LogP contribution < -0.4 is 10.6 Å². The zero-order chi connectivity index (χ0) is 15.2. The van der Waals surface area contributed by atoms with E-state index in [-0.39, 0.29) is 5.91 Å². The molecule has 1 saturated heterocycles. The molecular weight excluding hydrogens is 300 g/mol. The number of thiophene rings is 1. The Labute approximate surface area is 133 Å². The number of carbonyl (C=O) groups excluding carboxylic acids is 1. The summed E-state index contributed by atoms with van der Waals surface area (Å²) in [7, 11) is 0. The maximum absolute atomic E-state index is 11.8. The van der Waals surface area contributed by atoms with Crippen molar-refractivity contribution in [1.29, 1.82) is 0 Å². The smallest absolute Gasteiger partial charge is 0.226 e. The van der Waals surface area contributed by atoms with E-state index >= 15 is 0 Å². The van der Waals surface area contributed by atoms with Crippen molar-refractivity contribution in [2.45, 2.75) is 38.1 Å². The summed E-state index contributed by atoms with van der Waals surface area (Å²) in [5, 5.41) is 12.3. The van der Waals surface area contributed by atoms with Crippen LogP contribution in [-0.2, 0) is 11.2 Å². The molecule has 2 N–H and O–H groups in total. The van der Waals surface area contributed by atoms with Crippen LogP contribution in [0.15, 0.2) is 22.0 Å². The lowest BCUT2D eigenvalue weighted by molar-refractivity contribution is -0.121. The summed E-state index contributed by atoms with van der Waals surface area (Å²) in [6, 6.07) is 4.36. The molecule has 0 spiro atoms. The number of hydrogen-bond donors (Lipinski definition) is 2. The van der Waals surface area contributed by atoms with Crippen molar-refractivity contribution in [2.24, 2.45) is 0 Å². The van der Waals surface area contributed by atoms with E-state index in [4.69, 9.17) is 4.52 Å². The molecule has 3 rings (SSSR count). The number of nitrogens with zero attached hydrogens (tertiary/aromatic N) is 2. The van der Waals surface area contributed by atoms with Crippen molar-refractivity contribution in [3.8, 4) is 10.7 Å². The van der Waals surface area contributed by atoms with Gasteiger partial charge in [-0.15, -0.1) is 11.3 Å². The van der Waals surface area contributed by atoms with Crippen LogP contribution in [0.3, 0.4) is 0 Å². The lowest BCUT2D eigenvalue weighted by atomic mass is 10.2. The molecule has 0 radical (unpaired) electrons. The molecule has 0 aromatic carbocycles. The van der Waals surface area contributed by atoms with Crippen molar-refractivity contribution in [3.63, 3.8) is 0 Å². The summed E-state index contributed by atoms with van der Waals surface area (Å²) in [5.41, 5.74) is 0. The Bertz CT molecular complexity index is 590. The van der Waals surface area contributed by atoms with E-state index < -0.39 is 0 Å². The van der Waals surface area contributed by atoms with Gasteiger partial charge in [-0.1, -0.05) is 11.2 Å². The van der Waals surface area contributed by atoms with Crippen LogP contribution in [0.5, 0.6) is 0 Å². The molecule has 6 nitrogen and oxygen atoms in total. The maximum atomic E-state index is 11.8. The van der Waals surface area contributed by atoms with Gasteiger partial charge in [0.1, 0.15) is 0 Å². The van der Waals surface area contributed by atoms with E-state index in [9.17, 15) is 4.79 Å². The number of nitrogens with one attached hydrogen (secondary N) is 2. The van der Waals surface area contributed by atoms with Gasteiger partial charge in [0.25, 0.3) is 0 Å². The van der Waals surface area contributed by atoms with Gasteiger partial charge < -0.3 is 15.2 Å². The van der Waals surface area contributed by atoms with Crippen LogP contribution in [0, 0.1) is 0 Å². The van der Waals surface area contributed by atoms with Gasteiger partial charge in [-0.3, -0.25) is 4.79 Å². The van der Waals surface area contributed by atoms with Crippen LogP contribution in [-0.4, -0.2) is 35.2 Å². The average Bonchev–Trinajstić information content (AvgIpc) is 3.26. The van der Waals surface area contributed by atoms with E-state index in [1.807, 2.05) is 17.5 Å². The molecule has 1 unspecified atom stereocenters. The van der Waals surface area contributed by atoms with Gasteiger partial charge in [-0.25, -0.2) is 0 Å². The largest absolute Gasteiger partial charge is 0.355 e. The summed E-state index contributed by atoms with van der Waals surface area (Å²) in [4.78, 5) is 17.1. The van der Waals surface area contributed by atoms with Crippen molar-refractivity contribution in [1.82, 2.24) is 20.8 Å². The summed E-state index contributed by atoms with van der Waals surface area (Å²) in [5.74, 6) is 1.31. The fraction of sp³-hybridized carbons (Fsp3) is 0.533. The highest BCUT2D eigenvalue weighted by molar-refractivity contribution is 7.13. The Morgan fingerprint density at radius 1 is 1.55 bits per heavy atom. The third-order valence-corrected chi connectivity index (χ3v) is 4.58. The molecule has 3 heterocycles. The minimum absolute atomic E-state index is 0.0895. The first-order chi connectivity index (χ1) is 10.8. The summed E-state index contributed by atoms with van der Waals surface area (Å²) < 4.78 is 5.22. The molecule has 0 bridgehead atoms. The number of aryl methyl sites for hydroxylation is 1. The maximum Gasteiger partial charge on any atom is 0.226 e. The number of hydrogen-bond acceptors (Lipinski definition) is 6. The van der Waals surface area contributed by atoms with Gasteiger partial charge in [0.05, 0.1) is 4.88 Å². The monoisotopic (exact) mass is 320 g/mol. The molecule has 7 heteroatoms. The molecular formula is C15H20N4O2S. The lowest BCUT2D eigenvalue weighted by Gasteiger charge is -2.10. The average molecular weight is 320 g/mol. The molecule has 1 aliphatic rings.